The van der Waals surface area contributed by atoms with Crippen molar-refractivity contribution in [2.75, 3.05) is 11.8 Å². The molecule has 0 bridgehead atoms. The van der Waals surface area contributed by atoms with Crippen molar-refractivity contribution in [2.45, 2.75) is 11.8 Å². The van der Waals surface area contributed by atoms with Crippen LogP contribution in [0.1, 0.15) is 5.56 Å². The molecular weight excluding hydrogens is 308 g/mol. The molecule has 0 aliphatic heterocycles. The van der Waals surface area contributed by atoms with Crippen molar-refractivity contribution < 1.29 is 18.1 Å². The average Bonchev–Trinajstić information content (AvgIpc) is 2.46. The highest BCUT2D eigenvalue weighted by molar-refractivity contribution is 7.92. The molecule has 7 nitrogen and oxygen atoms in total. The lowest BCUT2D eigenvalue weighted by atomic mass is 10.2. The van der Waals surface area contributed by atoms with E-state index in [9.17, 15) is 18.5 Å². The predicted octanol–water partition coefficient (Wildman–Crippen LogP) is 2.71. The lowest BCUT2D eigenvalue weighted by molar-refractivity contribution is -0.385. The first-order chi connectivity index (χ1) is 10.3. The number of sulfonamides is 1. The standard InChI is InChI=1S/C14H14N2O5S/c1-10-4-3-5-11(8-10)15-22(19,20)14-9-12(16(17)18)6-7-13(14)21-2/h3-9,15H,1-2H3. The number of nitrogens with zero attached hydrogens (tertiary/aromatic N) is 1. The number of rotatable bonds is 5. The Hall–Kier alpha value is -2.61. The van der Waals surface area contributed by atoms with E-state index >= 15 is 0 Å². The Kier molecular flexibility index (Phi) is 4.32. The van der Waals surface area contributed by atoms with Gasteiger partial charge in [0.25, 0.3) is 15.7 Å². The van der Waals surface area contributed by atoms with Gasteiger partial charge in [-0.1, -0.05) is 12.1 Å². The van der Waals surface area contributed by atoms with E-state index in [1.807, 2.05) is 13.0 Å². The van der Waals surface area contributed by atoms with Gasteiger partial charge in [-0.2, -0.15) is 0 Å². The van der Waals surface area contributed by atoms with Gasteiger partial charge in [-0.15, -0.1) is 0 Å². The van der Waals surface area contributed by atoms with E-state index in [0.717, 1.165) is 11.6 Å². The van der Waals surface area contributed by atoms with E-state index < -0.39 is 14.9 Å². The lowest BCUT2D eigenvalue weighted by Gasteiger charge is -2.11. The molecule has 2 aromatic carbocycles. The molecule has 0 spiro atoms. The minimum Gasteiger partial charge on any atom is -0.495 e. The van der Waals surface area contributed by atoms with Crippen molar-refractivity contribution in [3.63, 3.8) is 0 Å². The number of nitro benzene ring substituents is 1. The summed E-state index contributed by atoms with van der Waals surface area (Å²) in [6.45, 7) is 1.83. The van der Waals surface area contributed by atoms with Crippen LogP contribution in [-0.4, -0.2) is 20.5 Å². The molecule has 0 fully saturated rings. The molecule has 22 heavy (non-hydrogen) atoms. The number of nitrogens with one attached hydrogen (secondary N) is 1. The SMILES string of the molecule is COc1ccc([N+](=O)[O-])cc1S(=O)(=O)Nc1cccc(C)c1. The Morgan fingerprint density at radius 3 is 2.50 bits per heavy atom. The highest BCUT2D eigenvalue weighted by Gasteiger charge is 2.23. The molecule has 0 amide bonds. The number of aryl methyl sites for hydroxylation is 1. The zero-order chi connectivity index (χ0) is 16.3. The Morgan fingerprint density at radius 2 is 1.91 bits per heavy atom. The molecule has 116 valence electrons. The zero-order valence-corrected chi connectivity index (χ0v) is 12.8. The van der Waals surface area contributed by atoms with Crippen LogP contribution in [0.25, 0.3) is 0 Å². The first-order valence-corrected chi connectivity index (χ1v) is 7.74. The maximum atomic E-state index is 12.5. The van der Waals surface area contributed by atoms with Crippen LogP contribution in [0.4, 0.5) is 11.4 Å². The Labute approximate surface area is 127 Å². The Bertz CT molecular complexity index is 818. The van der Waals surface area contributed by atoms with E-state index in [4.69, 9.17) is 4.74 Å². The number of ether oxygens (including phenoxy) is 1. The number of non-ortho nitro benzene ring substituents is 1. The third-order valence-electron chi connectivity index (χ3n) is 2.92. The second-order valence-corrected chi connectivity index (χ2v) is 6.22. The number of nitro groups is 1. The van der Waals surface area contributed by atoms with Crippen LogP contribution in [0.5, 0.6) is 5.75 Å². The first-order valence-electron chi connectivity index (χ1n) is 6.25. The normalized spacial score (nSPS) is 11.0. The Balaban J connectivity index is 2.48. The van der Waals surface area contributed by atoms with Crippen LogP contribution in [0.3, 0.4) is 0 Å². The van der Waals surface area contributed by atoms with Gasteiger partial charge >= 0.3 is 0 Å². The fourth-order valence-electron chi connectivity index (χ4n) is 1.91. The molecule has 0 heterocycles. The van der Waals surface area contributed by atoms with Crippen molar-refractivity contribution in [2.24, 2.45) is 0 Å². The number of benzene rings is 2. The summed E-state index contributed by atoms with van der Waals surface area (Å²) in [6.07, 6.45) is 0. The summed E-state index contributed by atoms with van der Waals surface area (Å²) in [5.41, 5.74) is 0.921. The number of hydrogen-bond donors (Lipinski definition) is 1. The molecule has 0 aliphatic rings. The minimum absolute atomic E-state index is 0.0331. The summed E-state index contributed by atoms with van der Waals surface area (Å²) in [5.74, 6) is 0.0331. The minimum atomic E-state index is -4.01. The molecule has 0 saturated carbocycles. The summed E-state index contributed by atoms with van der Waals surface area (Å²) in [7, 11) is -2.71. The highest BCUT2D eigenvalue weighted by atomic mass is 32.2. The van der Waals surface area contributed by atoms with Gasteiger partial charge < -0.3 is 4.74 Å². The molecule has 0 saturated heterocycles. The van der Waals surface area contributed by atoms with Gasteiger partial charge in [0, 0.05) is 17.8 Å². The molecule has 8 heteroatoms. The van der Waals surface area contributed by atoms with E-state index in [2.05, 4.69) is 4.72 Å². The zero-order valence-electron chi connectivity index (χ0n) is 11.9. The van der Waals surface area contributed by atoms with Gasteiger partial charge in [-0.25, -0.2) is 8.42 Å². The van der Waals surface area contributed by atoms with Gasteiger partial charge in [-0.05, 0) is 30.7 Å². The fourth-order valence-corrected chi connectivity index (χ4v) is 3.15. The van der Waals surface area contributed by atoms with Gasteiger partial charge in [0.2, 0.25) is 0 Å². The van der Waals surface area contributed by atoms with Crippen molar-refractivity contribution in [1.29, 1.82) is 0 Å². The van der Waals surface area contributed by atoms with E-state index in [1.165, 1.54) is 19.2 Å². The second-order valence-electron chi connectivity index (χ2n) is 4.57. The summed E-state index contributed by atoms with van der Waals surface area (Å²) in [5, 5.41) is 10.8. The number of anilines is 1. The summed E-state index contributed by atoms with van der Waals surface area (Å²) >= 11 is 0. The summed E-state index contributed by atoms with van der Waals surface area (Å²) in [4.78, 5) is 9.88. The smallest absolute Gasteiger partial charge is 0.271 e. The lowest BCUT2D eigenvalue weighted by Crippen LogP contribution is -2.14. The maximum Gasteiger partial charge on any atom is 0.271 e. The molecule has 2 rings (SSSR count). The summed E-state index contributed by atoms with van der Waals surface area (Å²) in [6, 6.07) is 10.2. The molecule has 0 unspecified atom stereocenters. The number of methoxy groups -OCH3 is 1. The fraction of sp³-hybridized carbons (Fsp3) is 0.143. The van der Waals surface area contributed by atoms with Crippen LogP contribution in [0.15, 0.2) is 47.4 Å². The van der Waals surface area contributed by atoms with Crippen molar-refractivity contribution in [1.82, 2.24) is 0 Å². The van der Waals surface area contributed by atoms with E-state index in [0.29, 0.717) is 5.69 Å². The van der Waals surface area contributed by atoms with Crippen LogP contribution in [0, 0.1) is 17.0 Å². The van der Waals surface area contributed by atoms with Crippen molar-refractivity contribution >= 4 is 21.4 Å². The molecule has 0 atom stereocenters. The van der Waals surface area contributed by atoms with Crippen LogP contribution < -0.4 is 9.46 Å². The van der Waals surface area contributed by atoms with Gasteiger partial charge in [0.05, 0.1) is 12.0 Å². The van der Waals surface area contributed by atoms with E-state index in [1.54, 1.807) is 18.2 Å². The summed E-state index contributed by atoms with van der Waals surface area (Å²) < 4.78 is 32.3. The molecule has 1 N–H and O–H groups in total. The average molecular weight is 322 g/mol. The van der Waals surface area contributed by atoms with Crippen molar-refractivity contribution in [3.8, 4) is 5.75 Å². The topological polar surface area (TPSA) is 98.5 Å². The van der Waals surface area contributed by atoms with Crippen LogP contribution >= 0.6 is 0 Å². The third kappa shape index (κ3) is 3.34. The monoisotopic (exact) mass is 322 g/mol. The molecule has 2 aromatic rings. The highest BCUT2D eigenvalue weighted by Crippen LogP contribution is 2.29. The van der Waals surface area contributed by atoms with Crippen LogP contribution in [-0.2, 0) is 10.0 Å². The predicted molar refractivity (Wildman–Crippen MR) is 81.6 cm³/mol. The van der Waals surface area contributed by atoms with Crippen LogP contribution in [0.2, 0.25) is 0 Å². The number of hydrogen-bond acceptors (Lipinski definition) is 5. The van der Waals surface area contributed by atoms with Gasteiger partial charge in [-0.3, -0.25) is 14.8 Å². The molecular formula is C14H14N2O5S. The first kappa shape index (κ1) is 15.8. The van der Waals surface area contributed by atoms with E-state index in [-0.39, 0.29) is 16.3 Å². The quantitative estimate of drug-likeness (QED) is 0.674. The largest absolute Gasteiger partial charge is 0.495 e. The maximum absolute atomic E-state index is 12.5. The molecule has 0 aromatic heterocycles. The van der Waals surface area contributed by atoms with Gasteiger partial charge in [0.1, 0.15) is 10.6 Å². The van der Waals surface area contributed by atoms with Crippen molar-refractivity contribution in [3.05, 3.63) is 58.1 Å². The molecule has 0 aliphatic carbocycles. The Morgan fingerprint density at radius 1 is 1.18 bits per heavy atom. The third-order valence-corrected chi connectivity index (χ3v) is 4.32. The molecule has 0 radical (unpaired) electrons. The van der Waals surface area contributed by atoms with Gasteiger partial charge in [0.15, 0.2) is 0 Å². The second kappa shape index (κ2) is 6.02.